The lowest BCUT2D eigenvalue weighted by atomic mass is 9.61. The largest absolute Gasteiger partial charge is 0.354 e. The lowest BCUT2D eigenvalue weighted by Crippen LogP contribution is -2.75. The van der Waals surface area contributed by atoms with Gasteiger partial charge in [0, 0.05) is 25.3 Å². The topological polar surface area (TPSA) is 67.2 Å². The second-order valence-corrected chi connectivity index (χ2v) is 8.24. The van der Waals surface area contributed by atoms with Crippen molar-refractivity contribution >= 4 is 11.8 Å². The van der Waals surface area contributed by atoms with Crippen LogP contribution in [-0.4, -0.2) is 45.1 Å². The Balaban J connectivity index is 1.67. The van der Waals surface area contributed by atoms with Gasteiger partial charge in [0.2, 0.25) is 11.8 Å². The van der Waals surface area contributed by atoms with Crippen molar-refractivity contribution in [3.63, 3.8) is 0 Å². The Hall–Kier alpha value is -1.85. The number of aromatic nitrogens is 2. The first-order valence-corrected chi connectivity index (χ1v) is 9.89. The maximum atomic E-state index is 13.0. The molecule has 1 unspecified atom stereocenters. The molecule has 6 nitrogen and oxygen atoms in total. The highest BCUT2D eigenvalue weighted by Crippen LogP contribution is 2.50. The highest BCUT2D eigenvalue weighted by atomic mass is 16.2. The van der Waals surface area contributed by atoms with Crippen LogP contribution < -0.4 is 5.32 Å². The zero-order valence-corrected chi connectivity index (χ0v) is 16.8. The smallest absolute Gasteiger partial charge is 0.243 e. The van der Waals surface area contributed by atoms with Gasteiger partial charge in [0.15, 0.2) is 0 Å². The molecule has 1 aromatic rings. The predicted molar refractivity (Wildman–Crippen MR) is 101 cm³/mol. The Morgan fingerprint density at radius 1 is 1.27 bits per heavy atom. The zero-order valence-electron chi connectivity index (χ0n) is 16.8. The summed E-state index contributed by atoms with van der Waals surface area (Å²) in [5.74, 6) is 0.200. The molecule has 2 heterocycles. The van der Waals surface area contributed by atoms with Crippen molar-refractivity contribution in [2.45, 2.75) is 78.3 Å². The van der Waals surface area contributed by atoms with Gasteiger partial charge in [-0.25, -0.2) is 0 Å². The number of nitrogens with zero attached hydrogens (tertiary/aromatic N) is 3. The van der Waals surface area contributed by atoms with Crippen LogP contribution in [0.3, 0.4) is 0 Å². The van der Waals surface area contributed by atoms with E-state index in [1.54, 1.807) is 4.90 Å². The maximum absolute atomic E-state index is 13.0. The number of rotatable bonds is 5. The number of aryl methyl sites for hydroxylation is 2. The number of hydrogen-bond acceptors (Lipinski definition) is 3. The summed E-state index contributed by atoms with van der Waals surface area (Å²) >= 11 is 0. The number of hydrogen-bond donors (Lipinski definition) is 1. The molecule has 1 saturated carbocycles. The van der Waals surface area contributed by atoms with Crippen molar-refractivity contribution in [3.05, 3.63) is 17.0 Å². The van der Waals surface area contributed by atoms with Gasteiger partial charge in [-0.2, -0.15) is 5.10 Å². The number of amides is 2. The first-order valence-electron chi connectivity index (χ1n) is 9.89. The first kappa shape index (κ1) is 18.9. The standard InChI is InChI=1S/C20H32N4O2/c1-13(2)24-17(20(19(24)26)10-7-6-8-11-20)18(25)21-12-9-16-14(3)22-23(5)15(16)4/h13,17H,6-12H2,1-5H3,(H,21,25). The third-order valence-electron chi connectivity index (χ3n) is 6.35. The third-order valence-corrected chi connectivity index (χ3v) is 6.35. The normalized spacial score (nSPS) is 22.0. The fraction of sp³-hybridized carbons (Fsp3) is 0.750. The summed E-state index contributed by atoms with van der Waals surface area (Å²) in [5, 5.41) is 7.54. The minimum atomic E-state index is -0.438. The molecule has 26 heavy (non-hydrogen) atoms. The Kier molecular flexibility index (Phi) is 5.13. The SMILES string of the molecule is Cc1nn(C)c(C)c1CCNC(=O)C1N(C(C)C)C(=O)C12CCCCC2. The quantitative estimate of drug-likeness (QED) is 0.819. The maximum Gasteiger partial charge on any atom is 0.243 e. The Bertz CT molecular complexity index is 701. The molecule has 1 saturated heterocycles. The van der Waals surface area contributed by atoms with E-state index in [1.807, 2.05) is 32.5 Å². The van der Waals surface area contributed by atoms with E-state index in [0.717, 1.165) is 43.5 Å². The van der Waals surface area contributed by atoms with Crippen LogP contribution in [0.4, 0.5) is 0 Å². The first-order chi connectivity index (χ1) is 12.3. The van der Waals surface area contributed by atoms with Gasteiger partial charge in [0.1, 0.15) is 6.04 Å². The molecule has 144 valence electrons. The van der Waals surface area contributed by atoms with Crippen molar-refractivity contribution in [2.24, 2.45) is 12.5 Å². The van der Waals surface area contributed by atoms with E-state index in [0.29, 0.717) is 6.54 Å². The summed E-state index contributed by atoms with van der Waals surface area (Å²) in [6, 6.07) is -0.236. The molecule has 2 fully saturated rings. The second-order valence-electron chi connectivity index (χ2n) is 8.24. The fourth-order valence-corrected chi connectivity index (χ4v) is 4.86. The van der Waals surface area contributed by atoms with Crippen LogP contribution in [0.5, 0.6) is 0 Å². The number of likely N-dealkylation sites (tertiary alicyclic amines) is 1. The van der Waals surface area contributed by atoms with E-state index in [-0.39, 0.29) is 23.9 Å². The van der Waals surface area contributed by atoms with E-state index in [2.05, 4.69) is 17.3 Å². The predicted octanol–water partition coefficient (Wildman–Crippen LogP) is 2.27. The van der Waals surface area contributed by atoms with Crippen LogP contribution in [0.1, 0.15) is 62.9 Å². The summed E-state index contributed by atoms with van der Waals surface area (Å²) in [6.07, 6.45) is 5.75. The second kappa shape index (κ2) is 7.05. The molecule has 2 amide bonds. The molecule has 0 radical (unpaired) electrons. The molecule has 1 aliphatic heterocycles. The minimum absolute atomic E-state index is 0.0133. The summed E-state index contributed by atoms with van der Waals surface area (Å²) in [5.41, 5.74) is 2.92. The van der Waals surface area contributed by atoms with Gasteiger partial charge in [0.25, 0.3) is 0 Å². The van der Waals surface area contributed by atoms with Crippen LogP contribution in [0, 0.1) is 19.3 Å². The number of carbonyl (C=O) groups is 2. The van der Waals surface area contributed by atoms with Crippen LogP contribution in [0.25, 0.3) is 0 Å². The number of carbonyl (C=O) groups excluding carboxylic acids is 2. The van der Waals surface area contributed by atoms with Gasteiger partial charge in [0.05, 0.1) is 11.1 Å². The van der Waals surface area contributed by atoms with E-state index < -0.39 is 5.41 Å². The van der Waals surface area contributed by atoms with Crippen LogP contribution in [0.15, 0.2) is 0 Å². The minimum Gasteiger partial charge on any atom is -0.354 e. The number of nitrogens with one attached hydrogen (secondary N) is 1. The van der Waals surface area contributed by atoms with Crippen molar-refractivity contribution < 1.29 is 9.59 Å². The molecule has 1 aromatic heterocycles. The fourth-order valence-electron chi connectivity index (χ4n) is 4.86. The lowest BCUT2D eigenvalue weighted by molar-refractivity contribution is -0.185. The molecule has 2 aliphatic rings. The number of β-lactam (4-membered cyclic amide) rings is 1. The van der Waals surface area contributed by atoms with E-state index in [4.69, 9.17) is 0 Å². The molecular formula is C20H32N4O2. The summed E-state index contributed by atoms with van der Waals surface area (Å²) in [7, 11) is 1.94. The van der Waals surface area contributed by atoms with Gasteiger partial charge in [-0.05, 0) is 52.5 Å². The molecule has 6 heteroatoms. The van der Waals surface area contributed by atoms with Gasteiger partial charge in [-0.1, -0.05) is 19.3 Å². The van der Waals surface area contributed by atoms with Gasteiger partial charge in [-0.15, -0.1) is 0 Å². The molecule has 3 rings (SSSR count). The summed E-state index contributed by atoms with van der Waals surface area (Å²) in [4.78, 5) is 27.6. The molecule has 1 atom stereocenters. The van der Waals surface area contributed by atoms with E-state index in [1.165, 1.54) is 12.0 Å². The van der Waals surface area contributed by atoms with Crippen molar-refractivity contribution in [2.75, 3.05) is 6.54 Å². The Morgan fingerprint density at radius 3 is 2.46 bits per heavy atom. The molecule has 1 aliphatic carbocycles. The van der Waals surface area contributed by atoms with Gasteiger partial charge >= 0.3 is 0 Å². The molecule has 0 aromatic carbocycles. The van der Waals surface area contributed by atoms with E-state index in [9.17, 15) is 9.59 Å². The summed E-state index contributed by atoms with van der Waals surface area (Å²) < 4.78 is 1.88. The molecular weight excluding hydrogens is 328 g/mol. The van der Waals surface area contributed by atoms with Crippen LogP contribution in [-0.2, 0) is 23.1 Å². The van der Waals surface area contributed by atoms with Gasteiger partial charge < -0.3 is 10.2 Å². The monoisotopic (exact) mass is 360 g/mol. The summed E-state index contributed by atoms with van der Waals surface area (Å²) in [6.45, 7) is 8.64. The Labute approximate surface area is 156 Å². The highest BCUT2D eigenvalue weighted by Gasteiger charge is 2.63. The molecule has 0 bridgehead atoms. The average Bonchev–Trinajstić information content (AvgIpc) is 2.85. The van der Waals surface area contributed by atoms with Crippen molar-refractivity contribution in [3.8, 4) is 0 Å². The molecule has 1 N–H and O–H groups in total. The third kappa shape index (κ3) is 2.93. The van der Waals surface area contributed by atoms with Gasteiger partial charge in [-0.3, -0.25) is 14.3 Å². The molecule has 1 spiro atoms. The van der Waals surface area contributed by atoms with Crippen molar-refractivity contribution in [1.29, 1.82) is 0 Å². The average molecular weight is 361 g/mol. The highest BCUT2D eigenvalue weighted by molar-refractivity contribution is 6.02. The lowest BCUT2D eigenvalue weighted by Gasteiger charge is -2.58. The Morgan fingerprint density at radius 2 is 1.92 bits per heavy atom. The van der Waals surface area contributed by atoms with Crippen LogP contribution >= 0.6 is 0 Å². The van der Waals surface area contributed by atoms with E-state index >= 15 is 0 Å². The zero-order chi connectivity index (χ0) is 19.1. The van der Waals surface area contributed by atoms with Crippen LogP contribution in [0.2, 0.25) is 0 Å². The van der Waals surface area contributed by atoms with Crippen molar-refractivity contribution in [1.82, 2.24) is 20.0 Å².